The second-order valence-electron chi connectivity index (χ2n) is 5.19. The molecule has 0 saturated carbocycles. The Hall–Kier alpha value is -2.94. The Balaban J connectivity index is 2.07. The quantitative estimate of drug-likeness (QED) is 0.796. The summed E-state index contributed by atoms with van der Waals surface area (Å²) in [4.78, 5) is 15.3. The summed E-state index contributed by atoms with van der Waals surface area (Å²) in [6.07, 6.45) is 1.61. The molecule has 1 heterocycles. The highest BCUT2D eigenvalue weighted by molar-refractivity contribution is 5.92. The summed E-state index contributed by atoms with van der Waals surface area (Å²) in [7, 11) is 0. The van der Waals surface area contributed by atoms with Crippen LogP contribution in [0.15, 0.2) is 66.9 Å². The van der Waals surface area contributed by atoms with Gasteiger partial charge in [0.15, 0.2) is 0 Å². The van der Waals surface area contributed by atoms with E-state index < -0.39 is 5.91 Å². The summed E-state index contributed by atoms with van der Waals surface area (Å²) in [5.74, 6) is -0.517. The van der Waals surface area contributed by atoms with Crippen LogP contribution < -0.4 is 5.73 Å². The predicted octanol–water partition coefficient (Wildman–Crippen LogP) is 3.82. The van der Waals surface area contributed by atoms with Crippen molar-refractivity contribution in [1.29, 1.82) is 0 Å². The topological polar surface area (TPSA) is 56.0 Å². The van der Waals surface area contributed by atoms with Crippen LogP contribution in [-0.4, -0.2) is 10.9 Å². The maximum atomic E-state index is 11.3. The number of aryl methyl sites for hydroxylation is 1. The molecule has 0 atom stereocenters. The number of carbonyl (C=O) groups is 1. The van der Waals surface area contributed by atoms with Gasteiger partial charge < -0.3 is 5.73 Å². The number of benzene rings is 2. The van der Waals surface area contributed by atoms with Crippen LogP contribution in [-0.2, 0) is 0 Å². The van der Waals surface area contributed by atoms with Crippen molar-refractivity contribution in [3.63, 3.8) is 0 Å². The first-order valence-electron chi connectivity index (χ1n) is 7.07. The molecule has 0 aliphatic heterocycles. The molecule has 2 N–H and O–H groups in total. The lowest BCUT2D eigenvalue weighted by Crippen LogP contribution is -2.12. The first kappa shape index (κ1) is 14.0. The Kier molecular flexibility index (Phi) is 3.71. The van der Waals surface area contributed by atoms with Gasteiger partial charge in [0.2, 0.25) is 0 Å². The molecule has 1 amide bonds. The van der Waals surface area contributed by atoms with Gasteiger partial charge in [-0.1, -0.05) is 42.5 Å². The third kappa shape index (κ3) is 2.74. The van der Waals surface area contributed by atoms with Crippen molar-refractivity contribution in [2.45, 2.75) is 6.92 Å². The van der Waals surface area contributed by atoms with Gasteiger partial charge in [0.25, 0.3) is 5.91 Å². The molecule has 108 valence electrons. The van der Waals surface area contributed by atoms with Gasteiger partial charge in [-0.15, -0.1) is 0 Å². The summed E-state index contributed by atoms with van der Waals surface area (Å²) >= 11 is 0. The van der Waals surface area contributed by atoms with Crippen molar-refractivity contribution in [3.8, 4) is 22.3 Å². The minimum absolute atomic E-state index is 0.277. The van der Waals surface area contributed by atoms with Crippen LogP contribution in [0.25, 0.3) is 22.3 Å². The number of nitrogens with zero attached hydrogens (tertiary/aromatic N) is 1. The summed E-state index contributed by atoms with van der Waals surface area (Å²) in [6.45, 7) is 2.10. The molecule has 0 aliphatic rings. The highest BCUT2D eigenvalue weighted by Gasteiger charge is 2.07. The van der Waals surface area contributed by atoms with E-state index in [-0.39, 0.29) is 5.69 Å². The number of hydrogen-bond donors (Lipinski definition) is 1. The number of amides is 1. The highest BCUT2D eigenvalue weighted by Crippen LogP contribution is 2.28. The van der Waals surface area contributed by atoms with E-state index in [9.17, 15) is 4.79 Å². The number of hydrogen-bond acceptors (Lipinski definition) is 2. The van der Waals surface area contributed by atoms with Gasteiger partial charge in [0, 0.05) is 6.20 Å². The van der Waals surface area contributed by atoms with Crippen LogP contribution >= 0.6 is 0 Å². The SMILES string of the molecule is Cc1ccccc1-c1cccc(-c2ccnc(C(N)=O)c2)c1. The van der Waals surface area contributed by atoms with E-state index in [4.69, 9.17) is 5.73 Å². The third-order valence-corrected chi connectivity index (χ3v) is 3.66. The first-order valence-corrected chi connectivity index (χ1v) is 7.07. The summed E-state index contributed by atoms with van der Waals surface area (Å²) in [5.41, 5.74) is 11.1. The fourth-order valence-corrected chi connectivity index (χ4v) is 2.51. The Morgan fingerprint density at radius 3 is 2.41 bits per heavy atom. The van der Waals surface area contributed by atoms with E-state index in [2.05, 4.69) is 36.2 Å². The second kappa shape index (κ2) is 5.82. The van der Waals surface area contributed by atoms with Crippen LogP contribution in [0.5, 0.6) is 0 Å². The molecule has 3 rings (SSSR count). The number of pyridine rings is 1. The van der Waals surface area contributed by atoms with Crippen LogP contribution in [0.3, 0.4) is 0 Å². The minimum atomic E-state index is -0.517. The minimum Gasteiger partial charge on any atom is -0.364 e. The molecule has 0 spiro atoms. The van der Waals surface area contributed by atoms with Gasteiger partial charge in [-0.2, -0.15) is 0 Å². The van der Waals surface area contributed by atoms with Crippen molar-refractivity contribution in [3.05, 3.63) is 78.1 Å². The van der Waals surface area contributed by atoms with Crippen LogP contribution in [0.2, 0.25) is 0 Å². The molecule has 0 bridgehead atoms. The fraction of sp³-hybridized carbons (Fsp3) is 0.0526. The van der Waals surface area contributed by atoms with E-state index in [1.54, 1.807) is 12.3 Å². The number of primary amides is 1. The molecule has 0 radical (unpaired) electrons. The van der Waals surface area contributed by atoms with Gasteiger partial charge in [0.1, 0.15) is 5.69 Å². The normalized spacial score (nSPS) is 10.4. The van der Waals surface area contributed by atoms with Crippen LogP contribution in [0.1, 0.15) is 16.1 Å². The smallest absolute Gasteiger partial charge is 0.267 e. The lowest BCUT2D eigenvalue weighted by atomic mass is 9.96. The van der Waals surface area contributed by atoms with E-state index in [0.717, 1.165) is 16.7 Å². The molecule has 3 nitrogen and oxygen atoms in total. The zero-order valence-corrected chi connectivity index (χ0v) is 12.3. The molecule has 0 aliphatic carbocycles. The molecule has 3 aromatic rings. The fourth-order valence-electron chi connectivity index (χ4n) is 2.51. The van der Waals surface area contributed by atoms with Gasteiger partial charge in [0.05, 0.1) is 0 Å². The molecule has 2 aromatic carbocycles. The lowest BCUT2D eigenvalue weighted by Gasteiger charge is -2.09. The van der Waals surface area contributed by atoms with Crippen molar-refractivity contribution in [1.82, 2.24) is 4.98 Å². The first-order chi connectivity index (χ1) is 10.6. The third-order valence-electron chi connectivity index (χ3n) is 3.66. The van der Waals surface area contributed by atoms with E-state index in [1.165, 1.54) is 11.1 Å². The maximum Gasteiger partial charge on any atom is 0.267 e. The van der Waals surface area contributed by atoms with Gasteiger partial charge in [-0.05, 0) is 52.9 Å². The van der Waals surface area contributed by atoms with Crippen molar-refractivity contribution in [2.24, 2.45) is 5.73 Å². The van der Waals surface area contributed by atoms with Crippen LogP contribution in [0.4, 0.5) is 0 Å². The summed E-state index contributed by atoms with van der Waals surface area (Å²) < 4.78 is 0. The van der Waals surface area contributed by atoms with Gasteiger partial charge >= 0.3 is 0 Å². The Labute approximate surface area is 129 Å². The maximum absolute atomic E-state index is 11.3. The van der Waals surface area contributed by atoms with Crippen molar-refractivity contribution >= 4 is 5.91 Å². The zero-order valence-electron chi connectivity index (χ0n) is 12.3. The number of nitrogens with two attached hydrogens (primary N) is 1. The van der Waals surface area contributed by atoms with E-state index in [0.29, 0.717) is 0 Å². The Bertz CT molecular complexity index is 840. The van der Waals surface area contributed by atoms with Gasteiger partial charge in [-0.3, -0.25) is 9.78 Å². The number of aromatic nitrogens is 1. The van der Waals surface area contributed by atoms with Crippen molar-refractivity contribution in [2.75, 3.05) is 0 Å². The molecule has 22 heavy (non-hydrogen) atoms. The van der Waals surface area contributed by atoms with Crippen LogP contribution in [0, 0.1) is 6.92 Å². The Morgan fingerprint density at radius 2 is 1.64 bits per heavy atom. The summed E-state index contributed by atoms with van der Waals surface area (Å²) in [6, 6.07) is 20.1. The van der Waals surface area contributed by atoms with E-state index in [1.807, 2.05) is 30.3 Å². The van der Waals surface area contributed by atoms with Crippen molar-refractivity contribution < 1.29 is 4.79 Å². The summed E-state index contributed by atoms with van der Waals surface area (Å²) in [5, 5.41) is 0. The lowest BCUT2D eigenvalue weighted by molar-refractivity contribution is 0.0995. The number of rotatable bonds is 3. The molecule has 0 saturated heterocycles. The molecule has 0 unspecified atom stereocenters. The molecule has 0 fully saturated rings. The molecular weight excluding hydrogens is 272 g/mol. The monoisotopic (exact) mass is 288 g/mol. The average molecular weight is 288 g/mol. The highest BCUT2D eigenvalue weighted by atomic mass is 16.1. The second-order valence-corrected chi connectivity index (χ2v) is 5.19. The standard InChI is InChI=1S/C19H16N2O/c1-13-5-2-3-8-17(13)16-7-4-6-14(11-16)15-9-10-21-18(12-15)19(20)22/h2-12H,1H3,(H2,20,22). The molecule has 1 aromatic heterocycles. The molecule has 3 heteroatoms. The predicted molar refractivity (Wildman–Crippen MR) is 88.4 cm³/mol. The average Bonchev–Trinajstić information content (AvgIpc) is 2.55. The van der Waals surface area contributed by atoms with E-state index >= 15 is 0 Å². The van der Waals surface area contributed by atoms with Gasteiger partial charge in [-0.25, -0.2) is 0 Å². The Morgan fingerprint density at radius 1 is 0.909 bits per heavy atom. The molecular formula is C19H16N2O. The zero-order chi connectivity index (χ0) is 15.5. The largest absolute Gasteiger partial charge is 0.364 e. The number of carbonyl (C=O) groups excluding carboxylic acids is 1.